The molecule has 0 heterocycles. The first-order chi connectivity index (χ1) is 7.21. The second-order valence-corrected chi connectivity index (χ2v) is 4.38. The van der Waals surface area contributed by atoms with Gasteiger partial charge in [0.2, 0.25) is 0 Å². The van der Waals surface area contributed by atoms with Crippen molar-refractivity contribution in [2.45, 2.75) is 39.4 Å². The maximum Gasteiger partial charge on any atom is 0.125 e. The lowest BCUT2D eigenvalue weighted by Gasteiger charge is -2.17. The lowest BCUT2D eigenvalue weighted by atomic mass is 10.2. The number of ether oxygens (including phenoxy) is 1. The van der Waals surface area contributed by atoms with E-state index < -0.39 is 0 Å². The number of hydrogen-bond donors (Lipinski definition) is 1. The molecule has 0 radical (unpaired) electrons. The maximum atomic E-state index is 9.20. The van der Waals surface area contributed by atoms with Gasteiger partial charge in [-0.05, 0) is 31.0 Å². The van der Waals surface area contributed by atoms with Crippen molar-refractivity contribution in [2.24, 2.45) is 0 Å². The topological polar surface area (TPSA) is 29.5 Å². The molecule has 0 amide bonds. The van der Waals surface area contributed by atoms with Gasteiger partial charge in [0.1, 0.15) is 5.75 Å². The number of aliphatic hydroxyl groups excluding tert-OH is 1. The van der Waals surface area contributed by atoms with E-state index in [-0.39, 0.29) is 12.7 Å². The zero-order chi connectivity index (χ0) is 11.3. The predicted octanol–water partition coefficient (Wildman–Crippen LogP) is 3.51. The Balaban J connectivity index is 2.83. The Labute approximate surface area is 99.4 Å². The Kier molecular flexibility index (Phi) is 5.12. The van der Waals surface area contributed by atoms with Gasteiger partial charge in [0, 0.05) is 10.0 Å². The van der Waals surface area contributed by atoms with E-state index in [0.29, 0.717) is 0 Å². The molecule has 0 atom stereocenters. The van der Waals surface area contributed by atoms with Gasteiger partial charge in [-0.25, -0.2) is 0 Å². The van der Waals surface area contributed by atoms with E-state index >= 15 is 0 Å². The van der Waals surface area contributed by atoms with E-state index in [1.807, 2.05) is 18.2 Å². The highest BCUT2D eigenvalue weighted by Gasteiger charge is 2.09. The number of aliphatic hydroxyl groups is 1. The Hall–Kier alpha value is -0.540. The van der Waals surface area contributed by atoms with Gasteiger partial charge >= 0.3 is 0 Å². The van der Waals surface area contributed by atoms with Crippen LogP contribution in [0.2, 0.25) is 0 Å². The van der Waals surface area contributed by atoms with E-state index in [1.54, 1.807) is 0 Å². The van der Waals surface area contributed by atoms with Crippen LogP contribution in [-0.2, 0) is 6.61 Å². The van der Waals surface area contributed by atoms with Crippen molar-refractivity contribution in [1.29, 1.82) is 0 Å². The van der Waals surface area contributed by atoms with Crippen LogP contribution in [0.15, 0.2) is 22.7 Å². The van der Waals surface area contributed by atoms with Crippen molar-refractivity contribution in [3.8, 4) is 5.75 Å². The van der Waals surface area contributed by atoms with Crippen molar-refractivity contribution in [3.63, 3.8) is 0 Å². The van der Waals surface area contributed by atoms with Crippen molar-refractivity contribution >= 4 is 15.9 Å². The molecular formula is C12H17BrO2. The highest BCUT2D eigenvalue weighted by molar-refractivity contribution is 9.10. The van der Waals surface area contributed by atoms with Gasteiger partial charge in [0.25, 0.3) is 0 Å². The zero-order valence-corrected chi connectivity index (χ0v) is 10.8. The summed E-state index contributed by atoms with van der Waals surface area (Å²) >= 11 is 3.37. The van der Waals surface area contributed by atoms with Gasteiger partial charge in [0.05, 0.1) is 12.7 Å². The number of rotatable bonds is 5. The SMILES string of the molecule is CCC(CC)Oc1ccc(Br)cc1CO. The lowest BCUT2D eigenvalue weighted by Crippen LogP contribution is -2.14. The molecule has 0 unspecified atom stereocenters. The van der Waals surface area contributed by atoms with Crippen LogP contribution in [0.4, 0.5) is 0 Å². The van der Waals surface area contributed by atoms with Crippen molar-refractivity contribution in [2.75, 3.05) is 0 Å². The molecule has 84 valence electrons. The van der Waals surface area contributed by atoms with Gasteiger partial charge in [-0.3, -0.25) is 0 Å². The van der Waals surface area contributed by atoms with Crippen LogP contribution in [0.1, 0.15) is 32.3 Å². The maximum absolute atomic E-state index is 9.20. The van der Waals surface area contributed by atoms with Crippen LogP contribution < -0.4 is 4.74 Å². The highest BCUT2D eigenvalue weighted by atomic mass is 79.9. The molecule has 0 aliphatic heterocycles. The van der Waals surface area contributed by atoms with Gasteiger partial charge in [-0.2, -0.15) is 0 Å². The zero-order valence-electron chi connectivity index (χ0n) is 9.16. The van der Waals surface area contributed by atoms with Crippen LogP contribution in [0.3, 0.4) is 0 Å². The van der Waals surface area contributed by atoms with Crippen LogP contribution in [-0.4, -0.2) is 11.2 Å². The Bertz CT molecular complexity index is 308. The average molecular weight is 273 g/mol. The van der Waals surface area contributed by atoms with Crippen molar-refractivity contribution < 1.29 is 9.84 Å². The van der Waals surface area contributed by atoms with E-state index in [1.165, 1.54) is 0 Å². The summed E-state index contributed by atoms with van der Waals surface area (Å²) in [7, 11) is 0. The molecule has 0 aliphatic rings. The molecule has 1 aromatic carbocycles. The normalized spacial score (nSPS) is 10.7. The molecule has 1 aromatic rings. The second-order valence-electron chi connectivity index (χ2n) is 3.47. The van der Waals surface area contributed by atoms with Crippen molar-refractivity contribution in [3.05, 3.63) is 28.2 Å². The summed E-state index contributed by atoms with van der Waals surface area (Å²) in [6, 6.07) is 5.71. The monoisotopic (exact) mass is 272 g/mol. The Morgan fingerprint density at radius 1 is 1.33 bits per heavy atom. The third-order valence-electron chi connectivity index (χ3n) is 2.40. The molecule has 15 heavy (non-hydrogen) atoms. The molecule has 0 spiro atoms. The van der Waals surface area contributed by atoms with Gasteiger partial charge in [-0.1, -0.05) is 29.8 Å². The Morgan fingerprint density at radius 3 is 2.53 bits per heavy atom. The van der Waals surface area contributed by atoms with Gasteiger partial charge in [-0.15, -0.1) is 0 Å². The second kappa shape index (κ2) is 6.13. The van der Waals surface area contributed by atoms with E-state index in [4.69, 9.17) is 4.74 Å². The molecular weight excluding hydrogens is 256 g/mol. The summed E-state index contributed by atoms with van der Waals surface area (Å²) in [4.78, 5) is 0. The molecule has 0 aliphatic carbocycles. The first-order valence-electron chi connectivity index (χ1n) is 5.27. The smallest absolute Gasteiger partial charge is 0.125 e. The molecule has 0 saturated carbocycles. The highest BCUT2D eigenvalue weighted by Crippen LogP contribution is 2.25. The minimum atomic E-state index is 0.00885. The quantitative estimate of drug-likeness (QED) is 0.889. The molecule has 0 fully saturated rings. The Morgan fingerprint density at radius 2 is 2.00 bits per heavy atom. The van der Waals surface area contributed by atoms with E-state index in [2.05, 4.69) is 29.8 Å². The largest absolute Gasteiger partial charge is 0.490 e. The first-order valence-corrected chi connectivity index (χ1v) is 6.06. The van der Waals surface area contributed by atoms with Gasteiger partial charge < -0.3 is 9.84 Å². The summed E-state index contributed by atoms with van der Waals surface area (Å²) in [5.74, 6) is 0.786. The number of halogens is 1. The average Bonchev–Trinajstić information content (AvgIpc) is 2.27. The fraction of sp³-hybridized carbons (Fsp3) is 0.500. The molecule has 1 N–H and O–H groups in total. The van der Waals surface area contributed by atoms with Crippen LogP contribution >= 0.6 is 15.9 Å². The minimum absolute atomic E-state index is 0.00885. The summed E-state index contributed by atoms with van der Waals surface area (Å²) in [6.07, 6.45) is 2.20. The summed E-state index contributed by atoms with van der Waals surface area (Å²) in [6.45, 7) is 4.21. The molecule has 1 rings (SSSR count). The molecule has 0 bridgehead atoms. The molecule has 2 nitrogen and oxygen atoms in total. The van der Waals surface area contributed by atoms with E-state index in [9.17, 15) is 5.11 Å². The third-order valence-corrected chi connectivity index (χ3v) is 2.89. The fourth-order valence-electron chi connectivity index (χ4n) is 1.42. The standard InChI is InChI=1S/C12H17BrO2/c1-3-11(4-2)15-12-6-5-10(13)7-9(12)8-14/h5-7,11,14H,3-4,8H2,1-2H3. The number of hydrogen-bond acceptors (Lipinski definition) is 2. The molecule has 0 saturated heterocycles. The predicted molar refractivity (Wildman–Crippen MR) is 65.1 cm³/mol. The third kappa shape index (κ3) is 3.50. The van der Waals surface area contributed by atoms with Crippen molar-refractivity contribution in [1.82, 2.24) is 0 Å². The first kappa shape index (κ1) is 12.5. The molecule has 3 heteroatoms. The van der Waals surface area contributed by atoms with E-state index in [0.717, 1.165) is 28.6 Å². The lowest BCUT2D eigenvalue weighted by molar-refractivity contribution is 0.184. The molecule has 0 aromatic heterocycles. The van der Waals surface area contributed by atoms with Crippen LogP contribution in [0, 0.1) is 0 Å². The summed E-state index contributed by atoms with van der Waals surface area (Å²) < 4.78 is 6.77. The summed E-state index contributed by atoms with van der Waals surface area (Å²) in [5.41, 5.74) is 0.830. The van der Waals surface area contributed by atoms with Gasteiger partial charge in [0.15, 0.2) is 0 Å². The van der Waals surface area contributed by atoms with Crippen LogP contribution in [0.25, 0.3) is 0 Å². The summed E-state index contributed by atoms with van der Waals surface area (Å²) in [5, 5.41) is 9.20. The van der Waals surface area contributed by atoms with Crippen LogP contribution in [0.5, 0.6) is 5.75 Å². The number of benzene rings is 1. The fourth-order valence-corrected chi connectivity index (χ4v) is 1.83. The minimum Gasteiger partial charge on any atom is -0.490 e.